The second-order valence-electron chi connectivity index (χ2n) is 6.11. The van der Waals surface area contributed by atoms with Crippen molar-refractivity contribution < 1.29 is 9.52 Å². The van der Waals surface area contributed by atoms with Gasteiger partial charge in [0.25, 0.3) is 0 Å². The van der Waals surface area contributed by atoms with Crippen molar-refractivity contribution in [3.63, 3.8) is 0 Å². The third-order valence-electron chi connectivity index (χ3n) is 4.00. The summed E-state index contributed by atoms with van der Waals surface area (Å²) >= 11 is 0. The van der Waals surface area contributed by atoms with Gasteiger partial charge in [0.15, 0.2) is 0 Å². The molecule has 0 aliphatic heterocycles. The predicted octanol–water partition coefficient (Wildman–Crippen LogP) is 3.41. The first kappa shape index (κ1) is 16.5. The minimum atomic E-state index is -0.222. The molecule has 0 saturated heterocycles. The number of rotatable bonds is 7. The first-order valence-corrected chi connectivity index (χ1v) is 8.20. The summed E-state index contributed by atoms with van der Waals surface area (Å²) in [4.78, 5) is 0. The number of aliphatic hydroxyl groups excluding tert-OH is 1. The second kappa shape index (κ2) is 7.47. The zero-order chi connectivity index (χ0) is 16.9. The molecule has 24 heavy (non-hydrogen) atoms. The highest BCUT2D eigenvalue weighted by molar-refractivity contribution is 5.33. The molecule has 126 valence electrons. The van der Waals surface area contributed by atoms with Crippen LogP contribution in [0.3, 0.4) is 0 Å². The van der Waals surface area contributed by atoms with Crippen LogP contribution in [0.25, 0.3) is 5.69 Å². The number of furan rings is 1. The van der Waals surface area contributed by atoms with E-state index >= 15 is 0 Å². The molecule has 0 amide bonds. The molecule has 0 radical (unpaired) electrons. The van der Waals surface area contributed by atoms with Crippen LogP contribution in [-0.2, 0) is 6.54 Å². The zero-order valence-electron chi connectivity index (χ0n) is 14.0. The fourth-order valence-electron chi connectivity index (χ4n) is 2.74. The van der Waals surface area contributed by atoms with Gasteiger partial charge in [0.05, 0.1) is 30.3 Å². The molecule has 2 heterocycles. The van der Waals surface area contributed by atoms with E-state index in [2.05, 4.69) is 19.2 Å². The lowest BCUT2D eigenvalue weighted by Gasteiger charge is -2.14. The maximum atomic E-state index is 9.59. The highest BCUT2D eigenvalue weighted by Gasteiger charge is 2.17. The molecular weight excluding hydrogens is 302 g/mol. The van der Waals surface area contributed by atoms with Crippen LogP contribution >= 0.6 is 0 Å². The minimum absolute atomic E-state index is 0.0165. The molecule has 2 aromatic heterocycles. The summed E-state index contributed by atoms with van der Waals surface area (Å²) in [6.45, 7) is 4.87. The molecule has 0 bridgehead atoms. The smallest absolute Gasteiger partial charge is 0.123 e. The first-order valence-electron chi connectivity index (χ1n) is 8.20. The molecule has 0 spiro atoms. The Labute approximate surface area is 141 Å². The largest absolute Gasteiger partial charge is 0.468 e. The highest BCUT2D eigenvalue weighted by atomic mass is 16.3. The molecule has 3 aromatic rings. The Morgan fingerprint density at radius 1 is 1.17 bits per heavy atom. The van der Waals surface area contributed by atoms with Gasteiger partial charge < -0.3 is 14.8 Å². The number of nitrogens with one attached hydrogen (secondary N) is 1. The van der Waals surface area contributed by atoms with Gasteiger partial charge in [0.2, 0.25) is 0 Å². The van der Waals surface area contributed by atoms with Crippen molar-refractivity contribution in [1.29, 1.82) is 0 Å². The number of para-hydroxylation sites is 1. The summed E-state index contributed by atoms with van der Waals surface area (Å²) in [5.74, 6) is 1.06. The Bertz CT molecular complexity index is 748. The van der Waals surface area contributed by atoms with Gasteiger partial charge in [-0.3, -0.25) is 0 Å². The molecule has 1 aromatic carbocycles. The van der Waals surface area contributed by atoms with E-state index < -0.39 is 0 Å². The number of benzene rings is 1. The van der Waals surface area contributed by atoms with Crippen molar-refractivity contribution >= 4 is 0 Å². The topological polar surface area (TPSA) is 63.2 Å². The molecule has 0 aliphatic rings. The maximum Gasteiger partial charge on any atom is 0.123 e. The van der Waals surface area contributed by atoms with Gasteiger partial charge >= 0.3 is 0 Å². The average Bonchev–Trinajstić information content (AvgIpc) is 3.26. The Morgan fingerprint density at radius 3 is 2.58 bits per heavy atom. The number of hydrogen-bond acceptors (Lipinski definition) is 4. The van der Waals surface area contributed by atoms with Crippen LogP contribution in [0, 0.1) is 0 Å². The fourth-order valence-corrected chi connectivity index (χ4v) is 2.74. The minimum Gasteiger partial charge on any atom is -0.468 e. The first-order chi connectivity index (χ1) is 11.7. The lowest BCUT2D eigenvalue weighted by molar-refractivity contribution is 0.225. The van der Waals surface area contributed by atoms with Crippen LogP contribution in [0.4, 0.5) is 0 Å². The van der Waals surface area contributed by atoms with E-state index in [0.717, 1.165) is 22.7 Å². The molecule has 3 rings (SSSR count). The summed E-state index contributed by atoms with van der Waals surface area (Å²) in [6.07, 6.45) is 3.67. The van der Waals surface area contributed by atoms with Crippen LogP contribution in [0.5, 0.6) is 0 Å². The molecule has 1 atom stereocenters. The third kappa shape index (κ3) is 3.58. The normalized spacial score (nSPS) is 12.7. The van der Waals surface area contributed by atoms with Gasteiger partial charge in [-0.25, -0.2) is 4.68 Å². The van der Waals surface area contributed by atoms with Crippen molar-refractivity contribution in [1.82, 2.24) is 15.1 Å². The van der Waals surface area contributed by atoms with E-state index in [1.165, 1.54) is 0 Å². The standard InChI is InChI=1S/C19H23N3O2/c1-14(2)19-15(11-20-17(13-23)18-9-6-10-24-18)12-22(21-19)16-7-4-3-5-8-16/h3-10,12,14,17,20,23H,11,13H2,1-2H3. The van der Waals surface area contributed by atoms with Crippen LogP contribution in [0.2, 0.25) is 0 Å². The van der Waals surface area contributed by atoms with Gasteiger partial charge in [0.1, 0.15) is 5.76 Å². The Morgan fingerprint density at radius 2 is 1.96 bits per heavy atom. The van der Waals surface area contributed by atoms with E-state index in [4.69, 9.17) is 9.52 Å². The van der Waals surface area contributed by atoms with E-state index in [0.29, 0.717) is 12.5 Å². The third-order valence-corrected chi connectivity index (χ3v) is 4.00. The quantitative estimate of drug-likeness (QED) is 0.699. The van der Waals surface area contributed by atoms with Gasteiger partial charge in [-0.05, 0) is 30.2 Å². The van der Waals surface area contributed by atoms with Crippen LogP contribution in [-0.4, -0.2) is 21.5 Å². The van der Waals surface area contributed by atoms with Gasteiger partial charge in [-0.1, -0.05) is 32.0 Å². The molecule has 5 heteroatoms. The van der Waals surface area contributed by atoms with Gasteiger partial charge in [-0.15, -0.1) is 0 Å². The maximum absolute atomic E-state index is 9.59. The van der Waals surface area contributed by atoms with Crippen LogP contribution in [0.15, 0.2) is 59.3 Å². The fraction of sp³-hybridized carbons (Fsp3) is 0.316. The number of nitrogens with zero attached hydrogens (tertiary/aromatic N) is 2. The lowest BCUT2D eigenvalue weighted by atomic mass is 10.1. The monoisotopic (exact) mass is 325 g/mol. The van der Waals surface area contributed by atoms with E-state index in [9.17, 15) is 5.11 Å². The molecule has 5 nitrogen and oxygen atoms in total. The SMILES string of the molecule is CC(C)c1nn(-c2ccccc2)cc1CNC(CO)c1ccco1. The van der Waals surface area contributed by atoms with Crippen molar-refractivity contribution in [3.05, 3.63) is 71.9 Å². The van der Waals surface area contributed by atoms with Gasteiger partial charge in [0, 0.05) is 18.3 Å². The summed E-state index contributed by atoms with van der Waals surface area (Å²) in [6, 6.07) is 13.5. The molecule has 2 N–H and O–H groups in total. The Kier molecular flexibility index (Phi) is 5.13. The lowest BCUT2D eigenvalue weighted by Crippen LogP contribution is -2.24. The summed E-state index contributed by atoms with van der Waals surface area (Å²) in [7, 11) is 0. The van der Waals surface area contributed by atoms with Crippen molar-refractivity contribution in [2.75, 3.05) is 6.61 Å². The second-order valence-corrected chi connectivity index (χ2v) is 6.11. The molecule has 0 fully saturated rings. The van der Waals surface area contributed by atoms with Crippen molar-refractivity contribution in [3.8, 4) is 5.69 Å². The van der Waals surface area contributed by atoms with Crippen LogP contribution < -0.4 is 5.32 Å². The predicted molar refractivity (Wildman–Crippen MR) is 93.0 cm³/mol. The summed E-state index contributed by atoms with van der Waals surface area (Å²) in [5.41, 5.74) is 3.22. The van der Waals surface area contributed by atoms with Gasteiger partial charge in [-0.2, -0.15) is 5.10 Å². The number of aliphatic hydroxyl groups is 1. The van der Waals surface area contributed by atoms with Crippen molar-refractivity contribution in [2.45, 2.75) is 32.4 Å². The highest BCUT2D eigenvalue weighted by Crippen LogP contribution is 2.21. The Balaban J connectivity index is 1.80. The van der Waals surface area contributed by atoms with Crippen molar-refractivity contribution in [2.24, 2.45) is 0 Å². The van der Waals surface area contributed by atoms with E-state index in [1.807, 2.05) is 53.3 Å². The molecule has 0 saturated carbocycles. The summed E-state index contributed by atoms with van der Waals surface area (Å²) < 4.78 is 7.29. The number of hydrogen-bond donors (Lipinski definition) is 2. The van der Waals surface area contributed by atoms with E-state index in [-0.39, 0.29) is 12.6 Å². The molecule has 1 unspecified atom stereocenters. The summed E-state index contributed by atoms with van der Waals surface area (Å²) in [5, 5.41) is 17.7. The average molecular weight is 325 g/mol. The number of aromatic nitrogens is 2. The van der Waals surface area contributed by atoms with Crippen LogP contribution in [0.1, 0.15) is 42.8 Å². The molecule has 0 aliphatic carbocycles. The Hall–Kier alpha value is -2.37. The molecular formula is C19H23N3O2. The van der Waals surface area contributed by atoms with E-state index in [1.54, 1.807) is 6.26 Å². The zero-order valence-corrected chi connectivity index (χ0v) is 14.0.